The van der Waals surface area contributed by atoms with E-state index >= 15 is 0 Å². The molecule has 0 bridgehead atoms. The van der Waals surface area contributed by atoms with Crippen LogP contribution in [-0.4, -0.2) is 23.1 Å². The minimum Gasteiger partial charge on any atom is -0.385 e. The average Bonchev–Trinajstić information content (AvgIpc) is 2.24. The summed E-state index contributed by atoms with van der Waals surface area (Å²) in [6.07, 6.45) is 1.47. The van der Waals surface area contributed by atoms with E-state index in [-0.39, 0.29) is 0 Å². The van der Waals surface area contributed by atoms with Gasteiger partial charge < -0.3 is 10.0 Å². The van der Waals surface area contributed by atoms with Crippen molar-refractivity contribution in [3.63, 3.8) is 0 Å². The van der Waals surface area contributed by atoms with Gasteiger partial charge in [-0.3, -0.25) is 0 Å². The number of nitrogens with zero attached hydrogens (tertiary/aromatic N) is 1. The highest BCUT2D eigenvalue weighted by molar-refractivity contribution is 6.30. The summed E-state index contributed by atoms with van der Waals surface area (Å²) in [5.41, 5.74) is 0.263. The number of likely N-dealkylation sites (tertiary alicyclic amines) is 1. The van der Waals surface area contributed by atoms with Gasteiger partial charge >= 0.3 is 0 Å². The molecular weight excluding hydrogens is 210 g/mol. The zero-order valence-electron chi connectivity index (χ0n) is 8.62. The van der Waals surface area contributed by atoms with Gasteiger partial charge in [0.15, 0.2) is 0 Å². The molecular formula is C12H15ClNO. The first-order valence-corrected chi connectivity index (χ1v) is 5.52. The number of hydrogen-bond donors (Lipinski definition) is 1. The summed E-state index contributed by atoms with van der Waals surface area (Å²) in [5.74, 6) is 0. The molecule has 0 saturated carbocycles. The van der Waals surface area contributed by atoms with Crippen molar-refractivity contribution < 1.29 is 5.11 Å². The number of hydrogen-bond acceptors (Lipinski definition) is 2. The van der Waals surface area contributed by atoms with Crippen LogP contribution in [0, 0.1) is 7.05 Å². The van der Waals surface area contributed by atoms with Crippen molar-refractivity contribution in [1.29, 1.82) is 0 Å². The standard InChI is InChI=1S/C12H15ClNO/c1-14-8-6-12(15,7-9-14)10-2-4-11(13)5-3-10/h2-5,15H,1,6-9H2. The largest absolute Gasteiger partial charge is 0.385 e. The fraction of sp³-hybridized carbons (Fsp3) is 0.417. The van der Waals surface area contributed by atoms with Crippen LogP contribution in [0.3, 0.4) is 0 Å². The van der Waals surface area contributed by atoms with Crippen LogP contribution in [0.15, 0.2) is 24.3 Å². The number of benzene rings is 1. The zero-order chi connectivity index (χ0) is 10.9. The summed E-state index contributed by atoms with van der Waals surface area (Å²) < 4.78 is 0. The van der Waals surface area contributed by atoms with Crippen molar-refractivity contribution in [1.82, 2.24) is 4.90 Å². The molecule has 0 spiro atoms. The third-order valence-corrected chi connectivity index (χ3v) is 3.32. The molecule has 81 valence electrons. The van der Waals surface area contributed by atoms with Crippen LogP contribution < -0.4 is 0 Å². The summed E-state index contributed by atoms with van der Waals surface area (Å²) in [6.45, 7) is 1.66. The number of piperidine rings is 1. The summed E-state index contributed by atoms with van der Waals surface area (Å²) in [4.78, 5) is 1.99. The minimum absolute atomic E-state index is 0.696. The maximum atomic E-state index is 10.5. The van der Waals surface area contributed by atoms with Gasteiger partial charge in [0.05, 0.1) is 5.60 Å². The first-order valence-electron chi connectivity index (χ1n) is 5.14. The normalized spacial score (nSPS) is 21.5. The fourth-order valence-corrected chi connectivity index (χ4v) is 2.10. The average molecular weight is 225 g/mol. The van der Waals surface area contributed by atoms with Crippen LogP contribution in [0.5, 0.6) is 0 Å². The van der Waals surface area contributed by atoms with Gasteiger partial charge in [-0.15, -0.1) is 0 Å². The van der Waals surface area contributed by atoms with E-state index in [2.05, 4.69) is 7.05 Å². The molecule has 1 aromatic carbocycles. The van der Waals surface area contributed by atoms with Crippen molar-refractivity contribution in [2.45, 2.75) is 18.4 Å². The van der Waals surface area contributed by atoms with E-state index in [4.69, 9.17) is 11.6 Å². The Kier molecular flexibility index (Phi) is 3.01. The number of aliphatic hydroxyl groups is 1. The van der Waals surface area contributed by atoms with E-state index in [0.717, 1.165) is 31.5 Å². The molecule has 1 aromatic rings. The number of rotatable bonds is 1. The topological polar surface area (TPSA) is 23.5 Å². The van der Waals surface area contributed by atoms with Crippen molar-refractivity contribution in [2.24, 2.45) is 0 Å². The van der Waals surface area contributed by atoms with Gasteiger partial charge in [-0.1, -0.05) is 23.7 Å². The van der Waals surface area contributed by atoms with E-state index in [9.17, 15) is 5.11 Å². The molecule has 2 nitrogen and oxygen atoms in total. The molecule has 0 atom stereocenters. The van der Waals surface area contributed by atoms with Crippen LogP contribution in [0.1, 0.15) is 18.4 Å². The molecule has 1 saturated heterocycles. The SMILES string of the molecule is [CH2]N1CCC(O)(c2ccc(Cl)cc2)CC1. The van der Waals surface area contributed by atoms with Gasteiger partial charge in [0.25, 0.3) is 0 Å². The van der Waals surface area contributed by atoms with Gasteiger partial charge in [0, 0.05) is 25.2 Å². The summed E-state index contributed by atoms with van der Waals surface area (Å²) in [6, 6.07) is 7.46. The lowest BCUT2D eigenvalue weighted by Crippen LogP contribution is -2.39. The molecule has 0 aromatic heterocycles. The van der Waals surface area contributed by atoms with Gasteiger partial charge in [-0.05, 0) is 30.5 Å². The first kappa shape index (κ1) is 10.9. The molecule has 3 heteroatoms. The molecule has 0 amide bonds. The van der Waals surface area contributed by atoms with E-state index in [1.54, 1.807) is 0 Å². The number of halogens is 1. The van der Waals surface area contributed by atoms with Crippen LogP contribution >= 0.6 is 11.6 Å². The summed E-state index contributed by atoms with van der Waals surface area (Å²) in [5, 5.41) is 11.2. The second-order valence-electron chi connectivity index (χ2n) is 4.16. The van der Waals surface area contributed by atoms with E-state index in [0.29, 0.717) is 5.02 Å². The lowest BCUT2D eigenvalue weighted by Gasteiger charge is -2.36. The molecule has 1 fully saturated rings. The third-order valence-electron chi connectivity index (χ3n) is 3.06. The second-order valence-corrected chi connectivity index (χ2v) is 4.59. The zero-order valence-corrected chi connectivity index (χ0v) is 9.37. The Morgan fingerprint density at radius 3 is 2.27 bits per heavy atom. The molecule has 0 aliphatic carbocycles. The second kappa shape index (κ2) is 4.12. The molecule has 0 unspecified atom stereocenters. The van der Waals surface area contributed by atoms with Crippen molar-refractivity contribution in [3.05, 3.63) is 41.9 Å². The smallest absolute Gasteiger partial charge is 0.0920 e. The maximum Gasteiger partial charge on any atom is 0.0920 e. The monoisotopic (exact) mass is 224 g/mol. The van der Waals surface area contributed by atoms with Gasteiger partial charge in [0.2, 0.25) is 0 Å². The Morgan fingerprint density at radius 1 is 1.20 bits per heavy atom. The van der Waals surface area contributed by atoms with Crippen LogP contribution in [0.25, 0.3) is 0 Å². The highest BCUT2D eigenvalue weighted by Crippen LogP contribution is 2.32. The highest BCUT2D eigenvalue weighted by Gasteiger charge is 2.32. The Bertz CT molecular complexity index is 328. The van der Waals surface area contributed by atoms with E-state index in [1.165, 1.54) is 0 Å². The first-order chi connectivity index (χ1) is 7.10. The summed E-state index contributed by atoms with van der Waals surface area (Å²) >= 11 is 5.82. The van der Waals surface area contributed by atoms with Crippen LogP contribution in [0.4, 0.5) is 0 Å². The molecule has 1 heterocycles. The lowest BCUT2D eigenvalue weighted by molar-refractivity contribution is -0.0167. The Balaban J connectivity index is 2.18. The van der Waals surface area contributed by atoms with Crippen LogP contribution in [0.2, 0.25) is 5.02 Å². The van der Waals surface area contributed by atoms with Gasteiger partial charge in [-0.2, -0.15) is 0 Å². The predicted molar refractivity (Wildman–Crippen MR) is 61.5 cm³/mol. The van der Waals surface area contributed by atoms with Crippen LogP contribution in [-0.2, 0) is 5.60 Å². The van der Waals surface area contributed by atoms with Gasteiger partial charge in [0.1, 0.15) is 0 Å². The molecule has 2 rings (SSSR count). The van der Waals surface area contributed by atoms with Crippen molar-refractivity contribution in [3.8, 4) is 0 Å². The summed E-state index contributed by atoms with van der Waals surface area (Å²) in [7, 11) is 3.87. The van der Waals surface area contributed by atoms with E-state index in [1.807, 2.05) is 29.2 Å². The Morgan fingerprint density at radius 2 is 1.73 bits per heavy atom. The quantitative estimate of drug-likeness (QED) is 0.792. The lowest BCUT2D eigenvalue weighted by atomic mass is 9.85. The fourth-order valence-electron chi connectivity index (χ4n) is 1.97. The van der Waals surface area contributed by atoms with Crippen molar-refractivity contribution in [2.75, 3.05) is 13.1 Å². The predicted octanol–water partition coefficient (Wildman–Crippen LogP) is 2.41. The molecule has 1 aliphatic heterocycles. The molecule has 1 radical (unpaired) electrons. The van der Waals surface area contributed by atoms with Crippen molar-refractivity contribution >= 4 is 11.6 Å². The Labute approximate surface area is 95.5 Å². The molecule has 15 heavy (non-hydrogen) atoms. The minimum atomic E-state index is -0.696. The molecule has 1 N–H and O–H groups in total. The Hall–Kier alpha value is -0.570. The highest BCUT2D eigenvalue weighted by atomic mass is 35.5. The van der Waals surface area contributed by atoms with Gasteiger partial charge in [-0.25, -0.2) is 0 Å². The molecule has 1 aliphatic rings. The maximum absolute atomic E-state index is 10.5. The third kappa shape index (κ3) is 2.33. The van der Waals surface area contributed by atoms with E-state index < -0.39 is 5.60 Å².